The molecule has 2 rings (SSSR count). The number of rotatable bonds is 5. The number of carboxylic acid groups (broad SMARTS) is 1. The van der Waals surface area contributed by atoms with Crippen LogP contribution >= 0.6 is 0 Å². The molecular weight excluding hydrogens is 337 g/mol. The molecule has 1 heterocycles. The quantitative estimate of drug-likeness (QED) is 0.859. The lowest BCUT2D eigenvalue weighted by molar-refractivity contribution is 0.0697. The summed E-state index contributed by atoms with van der Waals surface area (Å²) in [5.74, 6) is -2.15. The van der Waals surface area contributed by atoms with Gasteiger partial charge in [-0.15, -0.1) is 0 Å². The molecule has 0 saturated carbocycles. The summed E-state index contributed by atoms with van der Waals surface area (Å²) in [4.78, 5) is 10.9. The second-order valence-electron chi connectivity index (χ2n) is 5.64. The van der Waals surface area contributed by atoms with Crippen molar-refractivity contribution in [3.63, 3.8) is 0 Å². The van der Waals surface area contributed by atoms with Crippen molar-refractivity contribution >= 4 is 21.7 Å². The smallest absolute Gasteiger partial charge is 0.335 e. The minimum Gasteiger partial charge on any atom is -0.478 e. The van der Waals surface area contributed by atoms with E-state index in [4.69, 9.17) is 5.11 Å². The van der Waals surface area contributed by atoms with Gasteiger partial charge >= 0.3 is 5.97 Å². The molecule has 0 aliphatic rings. The van der Waals surface area contributed by atoms with Crippen LogP contribution < -0.4 is 4.72 Å². The van der Waals surface area contributed by atoms with Crippen LogP contribution in [0.25, 0.3) is 0 Å². The molecule has 0 radical (unpaired) electrons. The van der Waals surface area contributed by atoms with E-state index in [0.29, 0.717) is 5.69 Å². The lowest BCUT2D eigenvalue weighted by Crippen LogP contribution is -2.16. The van der Waals surface area contributed by atoms with Crippen LogP contribution in [0.5, 0.6) is 0 Å². The molecule has 0 aliphatic carbocycles. The van der Waals surface area contributed by atoms with Gasteiger partial charge in [0, 0.05) is 6.04 Å². The van der Waals surface area contributed by atoms with Crippen LogP contribution in [0.1, 0.15) is 41.6 Å². The maximum absolute atomic E-state index is 13.9. The van der Waals surface area contributed by atoms with Crippen molar-refractivity contribution in [3.05, 3.63) is 41.0 Å². The molecule has 0 saturated heterocycles. The predicted molar refractivity (Wildman–Crippen MR) is 86.3 cm³/mol. The fourth-order valence-corrected chi connectivity index (χ4v) is 3.93. The van der Waals surface area contributed by atoms with Gasteiger partial charge in [-0.3, -0.25) is 9.40 Å². The molecule has 0 bridgehead atoms. The minimum absolute atomic E-state index is 0.0419. The van der Waals surface area contributed by atoms with E-state index in [-0.39, 0.29) is 22.2 Å². The predicted octanol–water partition coefficient (Wildman–Crippen LogP) is 2.72. The molecule has 0 spiro atoms. The monoisotopic (exact) mass is 355 g/mol. The summed E-state index contributed by atoms with van der Waals surface area (Å²) in [6, 6.07) is 2.85. The fourth-order valence-electron chi connectivity index (χ4n) is 2.47. The lowest BCUT2D eigenvalue weighted by atomic mass is 10.2. The molecule has 1 aromatic heterocycles. The van der Waals surface area contributed by atoms with Crippen LogP contribution in [0.15, 0.2) is 23.1 Å². The summed E-state index contributed by atoms with van der Waals surface area (Å²) >= 11 is 0. The van der Waals surface area contributed by atoms with Crippen LogP contribution in [-0.2, 0) is 10.0 Å². The van der Waals surface area contributed by atoms with Gasteiger partial charge in [-0.2, -0.15) is 5.10 Å². The first-order chi connectivity index (χ1) is 11.0. The van der Waals surface area contributed by atoms with Crippen LogP contribution in [-0.4, -0.2) is 29.3 Å². The summed E-state index contributed by atoms with van der Waals surface area (Å²) in [7, 11) is -4.12. The maximum atomic E-state index is 13.9. The highest BCUT2D eigenvalue weighted by Crippen LogP contribution is 2.26. The molecule has 0 aliphatic heterocycles. The number of nitrogens with zero attached hydrogens (tertiary/aromatic N) is 2. The molecule has 2 N–H and O–H groups in total. The van der Waals surface area contributed by atoms with E-state index >= 15 is 0 Å². The van der Waals surface area contributed by atoms with Gasteiger partial charge in [0.15, 0.2) is 0 Å². The first kappa shape index (κ1) is 17.9. The highest BCUT2D eigenvalue weighted by Gasteiger charge is 2.26. The molecule has 0 atom stereocenters. The van der Waals surface area contributed by atoms with E-state index < -0.39 is 27.5 Å². The Morgan fingerprint density at radius 2 is 1.96 bits per heavy atom. The SMILES string of the molecule is Cc1nn(C(C)C)c(C)c1S(=O)(=O)Nc1cc(C(=O)O)ccc1F. The molecule has 24 heavy (non-hydrogen) atoms. The van der Waals surface area contributed by atoms with Crippen molar-refractivity contribution in [3.8, 4) is 0 Å². The van der Waals surface area contributed by atoms with E-state index in [1.54, 1.807) is 18.5 Å². The second-order valence-corrected chi connectivity index (χ2v) is 7.26. The number of aryl methyl sites for hydroxylation is 1. The molecule has 0 unspecified atom stereocenters. The maximum Gasteiger partial charge on any atom is 0.335 e. The fraction of sp³-hybridized carbons (Fsp3) is 0.333. The Labute approximate surface area is 139 Å². The molecule has 2 aromatic rings. The third kappa shape index (κ3) is 3.25. The third-order valence-electron chi connectivity index (χ3n) is 3.47. The number of nitrogens with one attached hydrogen (secondary N) is 1. The van der Waals surface area contributed by atoms with Crippen LogP contribution in [0.3, 0.4) is 0 Å². The van der Waals surface area contributed by atoms with Crippen molar-refractivity contribution in [2.75, 3.05) is 4.72 Å². The zero-order valence-corrected chi connectivity index (χ0v) is 14.5. The van der Waals surface area contributed by atoms with Crippen molar-refractivity contribution < 1.29 is 22.7 Å². The number of aromatic nitrogens is 2. The summed E-state index contributed by atoms with van der Waals surface area (Å²) in [5, 5.41) is 13.2. The lowest BCUT2D eigenvalue weighted by Gasteiger charge is -2.11. The first-order valence-electron chi connectivity index (χ1n) is 7.16. The highest BCUT2D eigenvalue weighted by atomic mass is 32.2. The number of aromatic carboxylic acids is 1. The first-order valence-corrected chi connectivity index (χ1v) is 8.64. The van der Waals surface area contributed by atoms with Gasteiger partial charge in [-0.1, -0.05) is 0 Å². The number of benzene rings is 1. The Morgan fingerprint density at radius 3 is 2.46 bits per heavy atom. The standard InChI is InChI=1S/C15H18FN3O4S/c1-8(2)19-10(4)14(9(3)17-19)24(22,23)18-13-7-11(15(20)21)5-6-12(13)16/h5-8,18H,1-4H3,(H,20,21). The molecule has 7 nitrogen and oxygen atoms in total. The van der Waals surface area contributed by atoms with Crippen LogP contribution in [0.2, 0.25) is 0 Å². The number of sulfonamides is 1. The average Bonchev–Trinajstić information content (AvgIpc) is 2.76. The topological polar surface area (TPSA) is 101 Å². The van der Waals surface area contributed by atoms with Gasteiger partial charge in [0.05, 0.1) is 22.6 Å². The summed E-state index contributed by atoms with van der Waals surface area (Å²) < 4.78 is 42.8. The third-order valence-corrected chi connectivity index (χ3v) is 5.09. The molecule has 1 aromatic carbocycles. The highest BCUT2D eigenvalue weighted by molar-refractivity contribution is 7.92. The Kier molecular flexibility index (Phi) is 4.66. The van der Waals surface area contributed by atoms with E-state index in [9.17, 15) is 17.6 Å². The molecular formula is C15H18FN3O4S. The number of halogens is 1. The molecule has 0 fully saturated rings. The van der Waals surface area contributed by atoms with Gasteiger partial charge < -0.3 is 5.11 Å². The number of carboxylic acids is 1. The molecule has 130 valence electrons. The van der Waals surface area contributed by atoms with Gasteiger partial charge in [0.25, 0.3) is 10.0 Å². The Bertz CT molecular complexity index is 904. The number of hydrogen-bond donors (Lipinski definition) is 2. The van der Waals surface area contributed by atoms with Gasteiger partial charge in [-0.05, 0) is 45.9 Å². The van der Waals surface area contributed by atoms with Crippen molar-refractivity contribution in [2.24, 2.45) is 0 Å². The van der Waals surface area contributed by atoms with Crippen molar-refractivity contribution in [2.45, 2.75) is 38.6 Å². The van der Waals surface area contributed by atoms with Gasteiger partial charge in [0.2, 0.25) is 0 Å². The average molecular weight is 355 g/mol. The Morgan fingerprint density at radius 1 is 1.33 bits per heavy atom. The van der Waals surface area contributed by atoms with Gasteiger partial charge in [-0.25, -0.2) is 17.6 Å². The van der Waals surface area contributed by atoms with Crippen molar-refractivity contribution in [1.82, 2.24) is 9.78 Å². The van der Waals surface area contributed by atoms with Gasteiger partial charge in [0.1, 0.15) is 10.7 Å². The van der Waals surface area contributed by atoms with Crippen molar-refractivity contribution in [1.29, 1.82) is 0 Å². The largest absolute Gasteiger partial charge is 0.478 e. The zero-order chi connectivity index (χ0) is 18.2. The summed E-state index contributed by atoms with van der Waals surface area (Å²) in [6.45, 7) is 6.88. The van der Waals surface area contributed by atoms with Crippen LogP contribution in [0, 0.1) is 19.7 Å². The van der Waals surface area contributed by atoms with E-state index in [2.05, 4.69) is 9.82 Å². The number of hydrogen-bond acceptors (Lipinski definition) is 4. The van der Waals surface area contributed by atoms with Crippen LogP contribution in [0.4, 0.5) is 10.1 Å². The Balaban J connectivity index is 2.51. The molecule has 0 amide bonds. The Hall–Kier alpha value is -2.42. The number of anilines is 1. The van der Waals surface area contributed by atoms with E-state index in [0.717, 1.165) is 18.2 Å². The second kappa shape index (κ2) is 6.23. The normalized spacial score (nSPS) is 11.8. The zero-order valence-electron chi connectivity index (χ0n) is 13.7. The minimum atomic E-state index is -4.12. The summed E-state index contributed by atoms with van der Waals surface area (Å²) in [6.07, 6.45) is 0. The number of carbonyl (C=O) groups is 1. The summed E-state index contributed by atoms with van der Waals surface area (Å²) in [5.41, 5.74) is 0.0553. The van der Waals surface area contributed by atoms with E-state index in [1.807, 2.05) is 13.8 Å². The van der Waals surface area contributed by atoms with E-state index in [1.165, 1.54) is 0 Å². The molecule has 9 heteroatoms.